The Balaban J connectivity index is 2.08. The van der Waals surface area contributed by atoms with Gasteiger partial charge in [-0.1, -0.05) is 0 Å². The minimum Gasteiger partial charge on any atom is -0.264 e. The number of nitrogens with one attached hydrogen (secondary N) is 1. The van der Waals surface area contributed by atoms with E-state index in [-0.39, 0.29) is 11.6 Å². The number of hydrogen-bond donors (Lipinski definition) is 1. The van der Waals surface area contributed by atoms with E-state index in [4.69, 9.17) is 0 Å². The third kappa shape index (κ3) is 3.16. The second kappa shape index (κ2) is 4.80. The van der Waals surface area contributed by atoms with Gasteiger partial charge in [-0.2, -0.15) is 18.2 Å². The molecule has 7 nitrogen and oxygen atoms in total. The summed E-state index contributed by atoms with van der Waals surface area (Å²) in [6.45, 7) is 0.120. The van der Waals surface area contributed by atoms with E-state index in [1.807, 2.05) is 0 Å². The summed E-state index contributed by atoms with van der Waals surface area (Å²) in [5, 5.41) is 3.80. The van der Waals surface area contributed by atoms with E-state index in [2.05, 4.69) is 19.9 Å². The number of alkyl halides is 3. The average molecular weight is 275 g/mol. The Morgan fingerprint density at radius 3 is 2.89 bits per heavy atom. The number of carbonyl (C=O) groups excluding carboxylic acids is 1. The standard InChI is InChI=1S/C9H8F3N5O2/c1-5-2-3-13-8-14-6(15-17(5)8)7(18)16-19-4-9(10,11)12/h2-3H,4H2,1H3,(H,16,18). The molecule has 19 heavy (non-hydrogen) atoms. The van der Waals surface area contributed by atoms with Crippen LogP contribution < -0.4 is 5.48 Å². The Labute approximate surface area is 104 Å². The molecule has 1 N–H and O–H groups in total. The van der Waals surface area contributed by atoms with Crippen LogP contribution in [-0.4, -0.2) is 38.3 Å². The van der Waals surface area contributed by atoms with Crippen LogP contribution in [0.5, 0.6) is 0 Å². The van der Waals surface area contributed by atoms with Crippen molar-refractivity contribution in [1.29, 1.82) is 0 Å². The van der Waals surface area contributed by atoms with Crippen LogP contribution in [0.25, 0.3) is 5.78 Å². The molecule has 0 bridgehead atoms. The fourth-order valence-electron chi connectivity index (χ4n) is 1.23. The monoisotopic (exact) mass is 275 g/mol. The van der Waals surface area contributed by atoms with Crippen molar-refractivity contribution in [3.05, 3.63) is 23.8 Å². The highest BCUT2D eigenvalue weighted by molar-refractivity contribution is 5.89. The molecule has 0 atom stereocenters. The van der Waals surface area contributed by atoms with Gasteiger partial charge >= 0.3 is 12.1 Å². The number of carbonyl (C=O) groups is 1. The second-order valence-electron chi connectivity index (χ2n) is 3.57. The van der Waals surface area contributed by atoms with Crippen molar-refractivity contribution < 1.29 is 22.8 Å². The molecule has 0 radical (unpaired) electrons. The molecule has 0 fully saturated rings. The summed E-state index contributed by atoms with van der Waals surface area (Å²) in [5.41, 5.74) is 2.28. The zero-order chi connectivity index (χ0) is 14.0. The number of hydroxylamine groups is 1. The van der Waals surface area contributed by atoms with Gasteiger partial charge in [-0.15, -0.1) is 5.10 Å². The lowest BCUT2D eigenvalue weighted by atomic mass is 10.5. The van der Waals surface area contributed by atoms with Gasteiger partial charge in [0, 0.05) is 11.9 Å². The quantitative estimate of drug-likeness (QED) is 0.832. The van der Waals surface area contributed by atoms with E-state index in [1.54, 1.807) is 18.5 Å². The summed E-state index contributed by atoms with van der Waals surface area (Å²) in [7, 11) is 0. The zero-order valence-electron chi connectivity index (χ0n) is 9.60. The molecular formula is C9H8F3N5O2. The first kappa shape index (κ1) is 13.2. The van der Waals surface area contributed by atoms with Gasteiger partial charge < -0.3 is 0 Å². The summed E-state index contributed by atoms with van der Waals surface area (Å²) in [6.07, 6.45) is -3.06. The topological polar surface area (TPSA) is 81.4 Å². The number of halogens is 3. The highest BCUT2D eigenvalue weighted by Crippen LogP contribution is 2.13. The summed E-state index contributed by atoms with van der Waals surface area (Å²) in [6, 6.07) is 1.64. The normalized spacial score (nSPS) is 11.8. The maximum Gasteiger partial charge on any atom is 0.414 e. The van der Waals surface area contributed by atoms with Gasteiger partial charge in [-0.3, -0.25) is 9.63 Å². The average Bonchev–Trinajstić information content (AvgIpc) is 2.72. The van der Waals surface area contributed by atoms with Crippen LogP contribution in [0.4, 0.5) is 13.2 Å². The molecule has 0 saturated carbocycles. The van der Waals surface area contributed by atoms with E-state index in [0.717, 1.165) is 0 Å². The molecule has 0 aliphatic heterocycles. The summed E-state index contributed by atoms with van der Waals surface area (Å²) < 4.78 is 36.7. The molecule has 0 aliphatic rings. The Morgan fingerprint density at radius 2 is 2.26 bits per heavy atom. The van der Waals surface area contributed by atoms with Crippen molar-refractivity contribution >= 4 is 11.7 Å². The van der Waals surface area contributed by atoms with Gasteiger partial charge in [0.25, 0.3) is 5.78 Å². The third-order valence-corrected chi connectivity index (χ3v) is 2.03. The van der Waals surface area contributed by atoms with E-state index < -0.39 is 18.7 Å². The number of fused-ring (bicyclic) bond motifs is 1. The lowest BCUT2D eigenvalue weighted by Crippen LogP contribution is -2.30. The van der Waals surface area contributed by atoms with Crippen LogP contribution in [-0.2, 0) is 4.84 Å². The van der Waals surface area contributed by atoms with Gasteiger partial charge in [-0.05, 0) is 13.0 Å². The maximum absolute atomic E-state index is 11.8. The van der Waals surface area contributed by atoms with Crippen LogP contribution in [0.15, 0.2) is 12.3 Å². The molecule has 0 spiro atoms. The largest absolute Gasteiger partial charge is 0.414 e. The molecular weight excluding hydrogens is 267 g/mol. The fraction of sp³-hybridized carbons (Fsp3) is 0.333. The number of rotatable bonds is 3. The van der Waals surface area contributed by atoms with Gasteiger partial charge in [0.05, 0.1) is 0 Å². The fourth-order valence-corrected chi connectivity index (χ4v) is 1.23. The predicted octanol–water partition coefficient (Wildman–Crippen LogP) is 0.656. The van der Waals surface area contributed by atoms with Crippen molar-refractivity contribution in [2.75, 3.05) is 6.61 Å². The number of amides is 1. The lowest BCUT2D eigenvalue weighted by Gasteiger charge is -2.06. The second-order valence-corrected chi connectivity index (χ2v) is 3.57. The lowest BCUT2D eigenvalue weighted by molar-refractivity contribution is -0.184. The molecule has 2 rings (SSSR count). The first-order valence-corrected chi connectivity index (χ1v) is 5.04. The van der Waals surface area contributed by atoms with Crippen molar-refractivity contribution in [3.8, 4) is 0 Å². The Hall–Kier alpha value is -2.23. The summed E-state index contributed by atoms with van der Waals surface area (Å²) >= 11 is 0. The van der Waals surface area contributed by atoms with Gasteiger partial charge in [0.1, 0.15) is 0 Å². The molecule has 0 unspecified atom stereocenters. The van der Waals surface area contributed by atoms with Gasteiger partial charge in [-0.25, -0.2) is 15.0 Å². The minimum absolute atomic E-state index is 0.168. The predicted molar refractivity (Wildman–Crippen MR) is 55.0 cm³/mol. The number of nitrogens with zero attached hydrogens (tertiary/aromatic N) is 4. The van der Waals surface area contributed by atoms with Crippen molar-refractivity contribution in [2.24, 2.45) is 0 Å². The minimum atomic E-state index is -4.53. The molecule has 2 aromatic rings. The van der Waals surface area contributed by atoms with Gasteiger partial charge in [0.2, 0.25) is 5.82 Å². The molecule has 1 amide bonds. The number of aromatic nitrogens is 4. The molecule has 0 saturated heterocycles. The molecule has 2 aromatic heterocycles. The van der Waals surface area contributed by atoms with E-state index >= 15 is 0 Å². The highest BCUT2D eigenvalue weighted by atomic mass is 19.4. The van der Waals surface area contributed by atoms with E-state index in [0.29, 0.717) is 5.69 Å². The molecule has 10 heteroatoms. The van der Waals surface area contributed by atoms with Crippen molar-refractivity contribution in [3.63, 3.8) is 0 Å². The van der Waals surface area contributed by atoms with Crippen LogP contribution in [0.3, 0.4) is 0 Å². The Morgan fingerprint density at radius 1 is 1.53 bits per heavy atom. The van der Waals surface area contributed by atoms with Crippen molar-refractivity contribution in [1.82, 2.24) is 25.1 Å². The van der Waals surface area contributed by atoms with E-state index in [9.17, 15) is 18.0 Å². The molecule has 0 aromatic carbocycles. The smallest absolute Gasteiger partial charge is 0.264 e. The molecule has 0 aliphatic carbocycles. The molecule has 102 valence electrons. The molecule has 2 heterocycles. The van der Waals surface area contributed by atoms with Crippen LogP contribution in [0, 0.1) is 6.92 Å². The number of hydrogen-bond acceptors (Lipinski definition) is 5. The number of aryl methyl sites for hydroxylation is 1. The Kier molecular flexibility index (Phi) is 3.34. The van der Waals surface area contributed by atoms with Crippen molar-refractivity contribution in [2.45, 2.75) is 13.1 Å². The zero-order valence-corrected chi connectivity index (χ0v) is 9.60. The first-order valence-electron chi connectivity index (χ1n) is 5.04. The third-order valence-electron chi connectivity index (χ3n) is 2.03. The summed E-state index contributed by atoms with van der Waals surface area (Å²) in [5.74, 6) is -1.14. The highest BCUT2D eigenvalue weighted by Gasteiger charge is 2.28. The maximum atomic E-state index is 11.8. The van der Waals surface area contributed by atoms with Crippen LogP contribution in [0.1, 0.15) is 16.3 Å². The van der Waals surface area contributed by atoms with Gasteiger partial charge in [0.15, 0.2) is 6.61 Å². The Bertz CT molecular complexity index is 609. The van der Waals surface area contributed by atoms with E-state index in [1.165, 1.54) is 10.7 Å². The summed E-state index contributed by atoms with van der Waals surface area (Å²) in [4.78, 5) is 23.1. The SMILES string of the molecule is Cc1ccnc2nc(C(=O)NOCC(F)(F)F)nn12. The van der Waals surface area contributed by atoms with Crippen LogP contribution in [0.2, 0.25) is 0 Å². The van der Waals surface area contributed by atoms with Crippen LogP contribution >= 0.6 is 0 Å². The first-order chi connectivity index (χ1) is 8.87.